The first-order valence-corrected chi connectivity index (χ1v) is 5.59. The molecule has 2 N–H and O–H groups in total. The van der Waals surface area contributed by atoms with Gasteiger partial charge in [0.1, 0.15) is 5.75 Å². The fourth-order valence-electron chi connectivity index (χ4n) is 1.83. The summed E-state index contributed by atoms with van der Waals surface area (Å²) < 4.78 is 7.04. The molecule has 4 nitrogen and oxygen atoms in total. The van der Waals surface area contributed by atoms with E-state index in [1.54, 1.807) is 7.11 Å². The van der Waals surface area contributed by atoms with Gasteiger partial charge in [-0.05, 0) is 30.2 Å². The molecule has 1 atom stereocenters. The SMILES string of the molecule is COc1ccc(C(CN)n2cc(C)cn2)cc1. The molecule has 0 amide bonds. The average Bonchev–Trinajstić information content (AvgIpc) is 2.78. The predicted octanol–water partition coefficient (Wildman–Crippen LogP) is 1.75. The lowest BCUT2D eigenvalue weighted by molar-refractivity contribution is 0.414. The van der Waals surface area contributed by atoms with E-state index < -0.39 is 0 Å². The zero-order valence-electron chi connectivity index (χ0n) is 10.1. The van der Waals surface area contributed by atoms with Gasteiger partial charge in [-0.25, -0.2) is 0 Å². The predicted molar refractivity (Wildman–Crippen MR) is 67.2 cm³/mol. The van der Waals surface area contributed by atoms with Gasteiger partial charge in [-0.1, -0.05) is 12.1 Å². The van der Waals surface area contributed by atoms with E-state index in [1.165, 1.54) is 0 Å². The molecular formula is C13H17N3O. The van der Waals surface area contributed by atoms with Crippen LogP contribution in [0.15, 0.2) is 36.7 Å². The smallest absolute Gasteiger partial charge is 0.118 e. The Hall–Kier alpha value is -1.81. The van der Waals surface area contributed by atoms with E-state index in [-0.39, 0.29) is 6.04 Å². The Morgan fingerprint density at radius 2 is 2.06 bits per heavy atom. The molecule has 4 heteroatoms. The molecule has 0 spiro atoms. The minimum absolute atomic E-state index is 0.0783. The summed E-state index contributed by atoms with van der Waals surface area (Å²) in [5, 5.41) is 4.31. The van der Waals surface area contributed by atoms with Gasteiger partial charge in [-0.2, -0.15) is 5.10 Å². The molecule has 0 aliphatic rings. The summed E-state index contributed by atoms with van der Waals surface area (Å²) in [6.07, 6.45) is 3.84. The van der Waals surface area contributed by atoms with E-state index in [4.69, 9.17) is 10.5 Å². The highest BCUT2D eigenvalue weighted by molar-refractivity contribution is 5.29. The van der Waals surface area contributed by atoms with Crippen LogP contribution in [0.1, 0.15) is 17.2 Å². The number of benzene rings is 1. The molecule has 0 radical (unpaired) electrons. The molecular weight excluding hydrogens is 214 g/mol. The third-order valence-corrected chi connectivity index (χ3v) is 2.77. The summed E-state index contributed by atoms with van der Waals surface area (Å²) in [7, 11) is 1.66. The fraction of sp³-hybridized carbons (Fsp3) is 0.308. The van der Waals surface area contributed by atoms with E-state index in [1.807, 2.05) is 48.3 Å². The first-order chi connectivity index (χ1) is 8.24. The van der Waals surface area contributed by atoms with Gasteiger partial charge in [0.2, 0.25) is 0 Å². The van der Waals surface area contributed by atoms with Crippen molar-refractivity contribution in [2.75, 3.05) is 13.7 Å². The third-order valence-electron chi connectivity index (χ3n) is 2.77. The van der Waals surface area contributed by atoms with Crippen LogP contribution in [0.5, 0.6) is 5.75 Å². The molecule has 0 fully saturated rings. The van der Waals surface area contributed by atoms with E-state index in [2.05, 4.69) is 5.10 Å². The normalized spacial score (nSPS) is 12.4. The van der Waals surface area contributed by atoms with Crippen LogP contribution in [-0.2, 0) is 0 Å². The van der Waals surface area contributed by atoms with Gasteiger partial charge in [0, 0.05) is 12.7 Å². The molecule has 0 aliphatic heterocycles. The van der Waals surface area contributed by atoms with Crippen molar-refractivity contribution in [2.45, 2.75) is 13.0 Å². The quantitative estimate of drug-likeness (QED) is 0.872. The molecule has 90 valence electrons. The number of nitrogens with two attached hydrogens (primary N) is 1. The van der Waals surface area contributed by atoms with Crippen LogP contribution in [-0.4, -0.2) is 23.4 Å². The molecule has 17 heavy (non-hydrogen) atoms. The Kier molecular flexibility index (Phi) is 3.44. The van der Waals surface area contributed by atoms with Gasteiger partial charge >= 0.3 is 0 Å². The molecule has 0 bridgehead atoms. The second kappa shape index (κ2) is 5.01. The van der Waals surface area contributed by atoms with E-state index in [0.717, 1.165) is 16.9 Å². The molecule has 2 rings (SSSR count). The molecule has 1 unspecified atom stereocenters. The first-order valence-electron chi connectivity index (χ1n) is 5.59. The van der Waals surface area contributed by atoms with Crippen LogP contribution in [0.25, 0.3) is 0 Å². The lowest BCUT2D eigenvalue weighted by Crippen LogP contribution is -2.20. The number of methoxy groups -OCH3 is 1. The van der Waals surface area contributed by atoms with E-state index in [9.17, 15) is 0 Å². The monoisotopic (exact) mass is 231 g/mol. The highest BCUT2D eigenvalue weighted by atomic mass is 16.5. The number of aromatic nitrogens is 2. The minimum Gasteiger partial charge on any atom is -0.497 e. The number of hydrogen-bond acceptors (Lipinski definition) is 3. The van der Waals surface area contributed by atoms with Crippen molar-refractivity contribution in [3.05, 3.63) is 47.8 Å². The van der Waals surface area contributed by atoms with Gasteiger partial charge in [0.25, 0.3) is 0 Å². The summed E-state index contributed by atoms with van der Waals surface area (Å²) in [6.45, 7) is 2.54. The molecule has 0 saturated carbocycles. The van der Waals surface area contributed by atoms with Gasteiger partial charge in [-0.3, -0.25) is 4.68 Å². The summed E-state index contributed by atoms with van der Waals surface area (Å²) in [6, 6.07) is 8.00. The summed E-state index contributed by atoms with van der Waals surface area (Å²) in [5.74, 6) is 0.848. The standard InChI is InChI=1S/C13H17N3O/c1-10-8-15-16(9-10)13(7-14)11-3-5-12(17-2)6-4-11/h3-6,8-9,13H,7,14H2,1-2H3. The van der Waals surface area contributed by atoms with Crippen LogP contribution in [0, 0.1) is 6.92 Å². The Morgan fingerprint density at radius 1 is 1.35 bits per heavy atom. The lowest BCUT2D eigenvalue weighted by atomic mass is 10.1. The van der Waals surface area contributed by atoms with Crippen LogP contribution in [0.4, 0.5) is 0 Å². The molecule has 0 saturated heterocycles. The topological polar surface area (TPSA) is 53.1 Å². The van der Waals surface area contributed by atoms with Crippen LogP contribution in [0.3, 0.4) is 0 Å². The summed E-state index contributed by atoms with van der Waals surface area (Å²) in [5.41, 5.74) is 8.10. The maximum Gasteiger partial charge on any atom is 0.118 e. The van der Waals surface area contributed by atoms with E-state index in [0.29, 0.717) is 6.54 Å². The Bertz CT molecular complexity index is 476. The lowest BCUT2D eigenvalue weighted by Gasteiger charge is -2.16. The Labute approximate surface area is 101 Å². The fourth-order valence-corrected chi connectivity index (χ4v) is 1.83. The highest BCUT2D eigenvalue weighted by Crippen LogP contribution is 2.20. The first kappa shape index (κ1) is 11.7. The average molecular weight is 231 g/mol. The number of hydrogen-bond donors (Lipinski definition) is 1. The molecule has 0 aliphatic carbocycles. The number of rotatable bonds is 4. The van der Waals surface area contributed by atoms with Crippen molar-refractivity contribution < 1.29 is 4.74 Å². The van der Waals surface area contributed by atoms with Crippen LogP contribution < -0.4 is 10.5 Å². The maximum atomic E-state index is 5.82. The molecule has 2 aromatic rings. The zero-order chi connectivity index (χ0) is 12.3. The number of ether oxygens (including phenoxy) is 1. The number of aryl methyl sites for hydroxylation is 1. The number of nitrogens with zero attached hydrogens (tertiary/aromatic N) is 2. The minimum atomic E-state index is 0.0783. The second-order valence-electron chi connectivity index (χ2n) is 4.02. The molecule has 1 aromatic heterocycles. The summed E-state index contributed by atoms with van der Waals surface area (Å²) in [4.78, 5) is 0. The van der Waals surface area contributed by atoms with Crippen molar-refractivity contribution in [1.82, 2.24) is 9.78 Å². The van der Waals surface area contributed by atoms with Crippen LogP contribution in [0.2, 0.25) is 0 Å². The second-order valence-corrected chi connectivity index (χ2v) is 4.02. The Morgan fingerprint density at radius 3 is 2.53 bits per heavy atom. The van der Waals surface area contributed by atoms with Gasteiger partial charge in [0.05, 0.1) is 19.3 Å². The van der Waals surface area contributed by atoms with Crippen LogP contribution >= 0.6 is 0 Å². The largest absolute Gasteiger partial charge is 0.497 e. The summed E-state index contributed by atoms with van der Waals surface area (Å²) >= 11 is 0. The van der Waals surface area contributed by atoms with Crippen molar-refractivity contribution in [1.29, 1.82) is 0 Å². The van der Waals surface area contributed by atoms with Crippen molar-refractivity contribution in [2.24, 2.45) is 5.73 Å². The van der Waals surface area contributed by atoms with Crippen molar-refractivity contribution >= 4 is 0 Å². The maximum absolute atomic E-state index is 5.82. The van der Waals surface area contributed by atoms with Crippen molar-refractivity contribution in [3.8, 4) is 5.75 Å². The van der Waals surface area contributed by atoms with Gasteiger partial charge < -0.3 is 10.5 Å². The Balaban J connectivity index is 2.28. The van der Waals surface area contributed by atoms with Gasteiger partial charge in [-0.15, -0.1) is 0 Å². The molecule has 1 aromatic carbocycles. The van der Waals surface area contributed by atoms with Gasteiger partial charge in [0.15, 0.2) is 0 Å². The molecule has 1 heterocycles. The van der Waals surface area contributed by atoms with E-state index >= 15 is 0 Å². The third kappa shape index (κ3) is 2.47. The zero-order valence-corrected chi connectivity index (χ0v) is 10.1. The highest BCUT2D eigenvalue weighted by Gasteiger charge is 2.12. The van der Waals surface area contributed by atoms with Crippen molar-refractivity contribution in [3.63, 3.8) is 0 Å².